The minimum Gasteiger partial charge on any atom is -0.384 e. The molecule has 3 heteroatoms. The lowest BCUT2D eigenvalue weighted by molar-refractivity contribution is 0.222. The Bertz CT molecular complexity index is 791. The average molecular weight is 260 g/mol. The van der Waals surface area contributed by atoms with Crippen molar-refractivity contribution in [2.75, 3.05) is 0 Å². The molecule has 0 saturated heterocycles. The summed E-state index contributed by atoms with van der Waals surface area (Å²) in [6.07, 6.45) is 2.59. The summed E-state index contributed by atoms with van der Waals surface area (Å²) in [5.41, 5.74) is 2.20. The molecule has 0 spiro atoms. The van der Waals surface area contributed by atoms with Crippen LogP contribution in [0.25, 0.3) is 10.8 Å². The average Bonchev–Trinajstić information content (AvgIpc) is 2.54. The maximum Gasteiger partial charge on any atom is 0.105 e. The monoisotopic (exact) mass is 260 g/mol. The van der Waals surface area contributed by atoms with Crippen LogP contribution in [0.3, 0.4) is 0 Å². The normalized spacial score (nSPS) is 12.0. The van der Waals surface area contributed by atoms with Crippen molar-refractivity contribution in [2.24, 2.45) is 0 Å². The molecule has 3 rings (SSSR count). The fourth-order valence-electron chi connectivity index (χ4n) is 2.38. The van der Waals surface area contributed by atoms with E-state index in [0.717, 1.165) is 21.9 Å². The SMILES string of the molecule is N#Cc1ccc(C(O)c2ccncc2)c2ccccc12. The number of hydrogen-bond acceptors (Lipinski definition) is 3. The van der Waals surface area contributed by atoms with Gasteiger partial charge in [-0.3, -0.25) is 4.98 Å². The van der Waals surface area contributed by atoms with E-state index in [0.29, 0.717) is 5.56 Å². The predicted octanol–water partition coefficient (Wildman–Crippen LogP) is 3.19. The molecule has 1 atom stereocenters. The molecular weight excluding hydrogens is 248 g/mol. The van der Waals surface area contributed by atoms with Gasteiger partial charge in [0.2, 0.25) is 0 Å². The molecule has 0 radical (unpaired) electrons. The van der Waals surface area contributed by atoms with Gasteiger partial charge in [0.15, 0.2) is 0 Å². The Morgan fingerprint density at radius 1 is 0.950 bits per heavy atom. The lowest BCUT2D eigenvalue weighted by atomic mass is 9.94. The number of hydrogen-bond donors (Lipinski definition) is 1. The lowest BCUT2D eigenvalue weighted by Gasteiger charge is -2.14. The highest BCUT2D eigenvalue weighted by molar-refractivity contribution is 5.91. The number of pyridine rings is 1. The minimum atomic E-state index is -0.726. The number of rotatable bonds is 2. The summed E-state index contributed by atoms with van der Waals surface area (Å²) in [6, 6.07) is 17.0. The van der Waals surface area contributed by atoms with Gasteiger partial charge in [-0.25, -0.2) is 0 Å². The molecular formula is C17H12N2O. The third-order valence-electron chi connectivity index (χ3n) is 3.39. The van der Waals surface area contributed by atoms with Crippen molar-refractivity contribution in [3.63, 3.8) is 0 Å². The smallest absolute Gasteiger partial charge is 0.105 e. The van der Waals surface area contributed by atoms with Gasteiger partial charge in [0.1, 0.15) is 6.10 Å². The molecule has 1 unspecified atom stereocenters. The van der Waals surface area contributed by atoms with Crippen LogP contribution in [0.4, 0.5) is 0 Å². The summed E-state index contributed by atoms with van der Waals surface area (Å²) in [6.45, 7) is 0. The highest BCUT2D eigenvalue weighted by atomic mass is 16.3. The Kier molecular flexibility index (Phi) is 3.16. The number of fused-ring (bicyclic) bond motifs is 1. The van der Waals surface area contributed by atoms with Crippen molar-refractivity contribution in [1.82, 2.24) is 4.98 Å². The molecule has 3 nitrogen and oxygen atoms in total. The molecule has 96 valence electrons. The lowest BCUT2D eigenvalue weighted by Crippen LogP contribution is -2.01. The largest absolute Gasteiger partial charge is 0.384 e. The minimum absolute atomic E-state index is 0.617. The van der Waals surface area contributed by atoms with Gasteiger partial charge in [0.05, 0.1) is 11.6 Å². The van der Waals surface area contributed by atoms with Crippen LogP contribution in [0.1, 0.15) is 22.8 Å². The highest BCUT2D eigenvalue weighted by Crippen LogP contribution is 2.30. The van der Waals surface area contributed by atoms with E-state index in [9.17, 15) is 5.11 Å². The topological polar surface area (TPSA) is 56.9 Å². The molecule has 0 fully saturated rings. The Balaban J connectivity index is 2.21. The maximum absolute atomic E-state index is 10.5. The predicted molar refractivity (Wildman–Crippen MR) is 77.0 cm³/mol. The van der Waals surface area contributed by atoms with Gasteiger partial charge in [0.25, 0.3) is 0 Å². The van der Waals surface area contributed by atoms with Gasteiger partial charge >= 0.3 is 0 Å². The van der Waals surface area contributed by atoms with E-state index >= 15 is 0 Å². The Hall–Kier alpha value is -2.70. The molecule has 0 amide bonds. The molecule has 1 N–H and O–H groups in total. The number of benzene rings is 2. The Morgan fingerprint density at radius 3 is 2.35 bits per heavy atom. The highest BCUT2D eigenvalue weighted by Gasteiger charge is 2.14. The Morgan fingerprint density at radius 2 is 1.65 bits per heavy atom. The van der Waals surface area contributed by atoms with E-state index in [4.69, 9.17) is 5.26 Å². The van der Waals surface area contributed by atoms with E-state index < -0.39 is 6.10 Å². The molecule has 20 heavy (non-hydrogen) atoms. The van der Waals surface area contributed by atoms with Gasteiger partial charge in [-0.2, -0.15) is 5.26 Å². The number of nitrogens with zero attached hydrogens (tertiary/aromatic N) is 2. The van der Waals surface area contributed by atoms with Crippen molar-refractivity contribution >= 4 is 10.8 Å². The van der Waals surface area contributed by atoms with Crippen LogP contribution >= 0.6 is 0 Å². The molecule has 0 aliphatic heterocycles. The van der Waals surface area contributed by atoms with Crippen molar-refractivity contribution in [2.45, 2.75) is 6.10 Å². The van der Waals surface area contributed by atoms with Crippen LogP contribution in [0.5, 0.6) is 0 Å². The second kappa shape index (κ2) is 5.12. The van der Waals surface area contributed by atoms with Crippen LogP contribution < -0.4 is 0 Å². The second-order valence-corrected chi connectivity index (χ2v) is 4.54. The van der Waals surface area contributed by atoms with E-state index in [1.165, 1.54) is 0 Å². The number of nitriles is 1. The summed E-state index contributed by atoms with van der Waals surface area (Å²) in [5, 5.41) is 21.5. The van der Waals surface area contributed by atoms with E-state index in [-0.39, 0.29) is 0 Å². The molecule has 0 aliphatic rings. The maximum atomic E-state index is 10.5. The molecule has 1 heterocycles. The zero-order chi connectivity index (χ0) is 13.9. The summed E-state index contributed by atoms with van der Waals surface area (Å²) in [4.78, 5) is 3.96. The van der Waals surface area contributed by atoms with Gasteiger partial charge in [-0.15, -0.1) is 0 Å². The van der Waals surface area contributed by atoms with Crippen molar-refractivity contribution in [1.29, 1.82) is 5.26 Å². The second-order valence-electron chi connectivity index (χ2n) is 4.54. The fourth-order valence-corrected chi connectivity index (χ4v) is 2.38. The first kappa shape index (κ1) is 12.3. The van der Waals surface area contributed by atoms with E-state index in [1.54, 1.807) is 30.6 Å². The number of aliphatic hydroxyl groups is 1. The molecule has 0 aliphatic carbocycles. The van der Waals surface area contributed by atoms with Crippen LogP contribution in [-0.2, 0) is 0 Å². The summed E-state index contributed by atoms with van der Waals surface area (Å²) >= 11 is 0. The van der Waals surface area contributed by atoms with Crippen LogP contribution in [-0.4, -0.2) is 10.1 Å². The number of aromatic nitrogens is 1. The first-order valence-electron chi connectivity index (χ1n) is 6.31. The molecule has 0 bridgehead atoms. The first-order valence-corrected chi connectivity index (χ1v) is 6.31. The third-order valence-corrected chi connectivity index (χ3v) is 3.39. The Labute approximate surface area is 116 Å². The summed E-state index contributed by atoms with van der Waals surface area (Å²) in [7, 11) is 0. The zero-order valence-electron chi connectivity index (χ0n) is 10.7. The molecule has 2 aromatic carbocycles. The third kappa shape index (κ3) is 2.03. The van der Waals surface area contributed by atoms with Crippen molar-refractivity contribution in [3.05, 3.63) is 77.6 Å². The van der Waals surface area contributed by atoms with Gasteiger partial charge < -0.3 is 5.11 Å². The molecule has 1 aromatic heterocycles. The van der Waals surface area contributed by atoms with Crippen LogP contribution in [0, 0.1) is 11.3 Å². The van der Waals surface area contributed by atoms with Gasteiger partial charge in [-0.05, 0) is 40.1 Å². The molecule has 0 saturated carbocycles. The quantitative estimate of drug-likeness (QED) is 0.769. The van der Waals surface area contributed by atoms with Gasteiger partial charge in [0, 0.05) is 12.4 Å². The fraction of sp³-hybridized carbons (Fsp3) is 0.0588. The number of aliphatic hydroxyl groups excluding tert-OH is 1. The van der Waals surface area contributed by atoms with E-state index in [2.05, 4.69) is 11.1 Å². The summed E-state index contributed by atoms with van der Waals surface area (Å²) in [5.74, 6) is 0. The molecule has 3 aromatic rings. The van der Waals surface area contributed by atoms with E-state index in [1.807, 2.05) is 30.3 Å². The zero-order valence-corrected chi connectivity index (χ0v) is 10.7. The van der Waals surface area contributed by atoms with Crippen molar-refractivity contribution in [3.8, 4) is 6.07 Å². The first-order chi connectivity index (χ1) is 9.81. The van der Waals surface area contributed by atoms with Crippen molar-refractivity contribution < 1.29 is 5.11 Å². The van der Waals surface area contributed by atoms with Gasteiger partial charge in [-0.1, -0.05) is 30.3 Å². The summed E-state index contributed by atoms with van der Waals surface area (Å²) < 4.78 is 0. The van der Waals surface area contributed by atoms with Crippen LogP contribution in [0.2, 0.25) is 0 Å². The standard InChI is InChI=1S/C17H12N2O/c18-11-13-5-6-16(15-4-2-1-3-14(13)15)17(20)12-7-9-19-10-8-12/h1-10,17,20H. The van der Waals surface area contributed by atoms with Crippen LogP contribution in [0.15, 0.2) is 60.9 Å².